The lowest BCUT2D eigenvalue weighted by molar-refractivity contribution is -0.140. The van der Waals surface area contributed by atoms with Gasteiger partial charge in [0.05, 0.1) is 12.1 Å². The van der Waals surface area contributed by atoms with Crippen molar-refractivity contribution in [1.29, 1.82) is 0 Å². The van der Waals surface area contributed by atoms with Crippen molar-refractivity contribution in [2.45, 2.75) is 25.1 Å². The van der Waals surface area contributed by atoms with Crippen LogP contribution in [-0.4, -0.2) is 60.3 Å². The molecule has 7 nitrogen and oxygen atoms in total. The number of fused-ring (bicyclic) bond motifs is 1. The molecule has 0 spiro atoms. The predicted octanol–water partition coefficient (Wildman–Crippen LogP) is 0.239. The topological polar surface area (TPSA) is 88.1 Å². The van der Waals surface area contributed by atoms with E-state index < -0.39 is 5.97 Å². The maximum Gasteiger partial charge on any atom is 0.341 e. The average molecular weight is 320 g/mol. The van der Waals surface area contributed by atoms with Gasteiger partial charge in [0.2, 0.25) is 5.91 Å². The second-order valence-corrected chi connectivity index (χ2v) is 5.87. The number of aliphatic carboxylic acids is 1. The van der Waals surface area contributed by atoms with E-state index in [1.165, 1.54) is 0 Å². The summed E-state index contributed by atoms with van der Waals surface area (Å²) in [6.45, 7) is 2.30. The van der Waals surface area contributed by atoms with Crippen LogP contribution in [-0.2, 0) is 20.9 Å². The maximum atomic E-state index is 11.4. The molecule has 0 saturated carbocycles. The van der Waals surface area contributed by atoms with E-state index in [2.05, 4.69) is 10.2 Å². The zero-order valence-electron chi connectivity index (χ0n) is 12.7. The molecule has 2 saturated heterocycles. The van der Waals surface area contributed by atoms with Crippen LogP contribution < -0.4 is 10.1 Å². The number of ether oxygens (including phenoxy) is 2. The third-order valence-corrected chi connectivity index (χ3v) is 4.10. The van der Waals surface area contributed by atoms with Crippen LogP contribution in [0.5, 0.6) is 5.75 Å². The minimum atomic E-state index is -0.992. The van der Waals surface area contributed by atoms with Crippen LogP contribution in [0, 0.1) is 0 Å². The molecule has 1 aromatic rings. The molecule has 0 bridgehead atoms. The fraction of sp³-hybridized carbons (Fsp3) is 0.500. The average Bonchev–Trinajstić information content (AvgIpc) is 2.54. The van der Waals surface area contributed by atoms with Crippen LogP contribution in [0.2, 0.25) is 0 Å². The van der Waals surface area contributed by atoms with Crippen LogP contribution >= 0.6 is 0 Å². The number of carbonyl (C=O) groups excluding carboxylic acids is 1. The molecule has 124 valence electrons. The molecule has 23 heavy (non-hydrogen) atoms. The maximum absolute atomic E-state index is 11.4. The number of nitrogens with zero attached hydrogens (tertiary/aromatic N) is 1. The minimum Gasteiger partial charge on any atom is -0.482 e. The van der Waals surface area contributed by atoms with Crippen molar-refractivity contribution in [3.63, 3.8) is 0 Å². The lowest BCUT2D eigenvalue weighted by atomic mass is 10.00. The Labute approximate surface area is 134 Å². The van der Waals surface area contributed by atoms with Crippen molar-refractivity contribution in [3.8, 4) is 5.75 Å². The molecule has 1 aromatic carbocycles. The quantitative estimate of drug-likeness (QED) is 0.808. The summed E-state index contributed by atoms with van der Waals surface area (Å²) in [5, 5.41) is 11.6. The summed E-state index contributed by atoms with van der Waals surface area (Å²) in [5.74, 6) is -0.496. The molecule has 2 aliphatic heterocycles. The Balaban J connectivity index is 1.53. The molecule has 0 aliphatic carbocycles. The SMILES string of the molecule is O=C(O)COc1ccc(CN2CC[C@@H]3OCC(=O)N[C@H]3C2)cc1. The Morgan fingerprint density at radius 1 is 1.39 bits per heavy atom. The smallest absolute Gasteiger partial charge is 0.341 e. The van der Waals surface area contributed by atoms with Gasteiger partial charge in [0.15, 0.2) is 6.61 Å². The first-order valence-corrected chi connectivity index (χ1v) is 7.67. The molecule has 2 atom stereocenters. The van der Waals surface area contributed by atoms with Gasteiger partial charge in [0, 0.05) is 19.6 Å². The summed E-state index contributed by atoms with van der Waals surface area (Å²) in [6, 6.07) is 7.47. The first kappa shape index (κ1) is 15.8. The van der Waals surface area contributed by atoms with Crippen molar-refractivity contribution < 1.29 is 24.2 Å². The molecule has 3 rings (SSSR count). The van der Waals surface area contributed by atoms with Gasteiger partial charge in [-0.05, 0) is 24.1 Å². The zero-order chi connectivity index (χ0) is 16.2. The molecule has 0 unspecified atom stereocenters. The van der Waals surface area contributed by atoms with E-state index in [-0.39, 0.29) is 31.3 Å². The first-order chi connectivity index (χ1) is 11.1. The molecular formula is C16H20N2O5. The third kappa shape index (κ3) is 4.20. The van der Waals surface area contributed by atoms with Crippen molar-refractivity contribution in [2.24, 2.45) is 0 Å². The highest BCUT2D eigenvalue weighted by atomic mass is 16.5. The van der Waals surface area contributed by atoms with Crippen LogP contribution in [0.1, 0.15) is 12.0 Å². The number of rotatable bonds is 5. The Hall–Kier alpha value is -2.12. The minimum absolute atomic E-state index is 0.0481. The van der Waals surface area contributed by atoms with E-state index >= 15 is 0 Å². The summed E-state index contributed by atoms with van der Waals surface area (Å²) in [6.07, 6.45) is 1.03. The summed E-state index contributed by atoms with van der Waals surface area (Å²) in [4.78, 5) is 24.2. The second-order valence-electron chi connectivity index (χ2n) is 5.87. The highest BCUT2D eigenvalue weighted by Gasteiger charge is 2.34. The summed E-state index contributed by atoms with van der Waals surface area (Å²) >= 11 is 0. The molecule has 0 radical (unpaired) electrons. The molecule has 2 fully saturated rings. The number of hydrogen-bond donors (Lipinski definition) is 2. The van der Waals surface area contributed by atoms with Crippen molar-refractivity contribution in [3.05, 3.63) is 29.8 Å². The molecule has 2 heterocycles. The standard InChI is InChI=1S/C16H20N2O5/c19-15-9-23-14-5-6-18(8-13(14)17-15)7-11-1-3-12(4-2-11)22-10-16(20)21/h1-4,13-14H,5-10H2,(H,17,19)(H,20,21)/t13-,14-/m0/s1. The van der Waals surface area contributed by atoms with Gasteiger partial charge in [0.1, 0.15) is 12.4 Å². The Kier molecular flexibility index (Phi) is 4.78. The Morgan fingerprint density at radius 2 is 2.17 bits per heavy atom. The van der Waals surface area contributed by atoms with E-state index in [4.69, 9.17) is 14.6 Å². The van der Waals surface area contributed by atoms with Gasteiger partial charge in [0.25, 0.3) is 0 Å². The van der Waals surface area contributed by atoms with Crippen molar-refractivity contribution >= 4 is 11.9 Å². The highest BCUT2D eigenvalue weighted by molar-refractivity contribution is 5.78. The third-order valence-electron chi connectivity index (χ3n) is 4.10. The number of carboxylic acid groups (broad SMARTS) is 1. The lowest BCUT2D eigenvalue weighted by Gasteiger charge is -2.41. The van der Waals surface area contributed by atoms with E-state index in [0.29, 0.717) is 5.75 Å². The largest absolute Gasteiger partial charge is 0.482 e. The molecule has 2 N–H and O–H groups in total. The number of morpholine rings is 1. The fourth-order valence-corrected chi connectivity index (χ4v) is 3.01. The molecular weight excluding hydrogens is 300 g/mol. The molecule has 2 aliphatic rings. The van der Waals surface area contributed by atoms with Gasteiger partial charge in [-0.3, -0.25) is 9.69 Å². The predicted molar refractivity (Wildman–Crippen MR) is 81.1 cm³/mol. The number of benzene rings is 1. The number of likely N-dealkylation sites (tertiary alicyclic amines) is 1. The van der Waals surface area contributed by atoms with Crippen molar-refractivity contribution in [2.75, 3.05) is 26.3 Å². The highest BCUT2D eigenvalue weighted by Crippen LogP contribution is 2.20. The number of hydrogen-bond acceptors (Lipinski definition) is 5. The van der Waals surface area contributed by atoms with E-state index in [1.54, 1.807) is 12.1 Å². The molecule has 7 heteroatoms. The van der Waals surface area contributed by atoms with Gasteiger partial charge in [-0.25, -0.2) is 4.79 Å². The van der Waals surface area contributed by atoms with Crippen LogP contribution in [0.4, 0.5) is 0 Å². The van der Waals surface area contributed by atoms with Crippen molar-refractivity contribution in [1.82, 2.24) is 10.2 Å². The Morgan fingerprint density at radius 3 is 2.91 bits per heavy atom. The van der Waals surface area contributed by atoms with E-state index in [1.807, 2.05) is 12.1 Å². The number of piperidine rings is 1. The Bertz CT molecular complexity index is 574. The number of nitrogens with one attached hydrogen (secondary N) is 1. The van der Waals surface area contributed by atoms with Gasteiger partial charge in [-0.2, -0.15) is 0 Å². The number of amides is 1. The summed E-state index contributed by atoms with van der Waals surface area (Å²) < 4.78 is 10.7. The van der Waals surface area contributed by atoms with E-state index in [9.17, 15) is 9.59 Å². The van der Waals surface area contributed by atoms with Gasteiger partial charge in [-0.15, -0.1) is 0 Å². The monoisotopic (exact) mass is 320 g/mol. The number of carboxylic acids is 1. The van der Waals surface area contributed by atoms with Gasteiger partial charge in [-0.1, -0.05) is 12.1 Å². The normalized spacial score (nSPS) is 24.6. The van der Waals surface area contributed by atoms with Crippen LogP contribution in [0.25, 0.3) is 0 Å². The van der Waals surface area contributed by atoms with Crippen LogP contribution in [0.15, 0.2) is 24.3 Å². The second kappa shape index (κ2) is 6.97. The van der Waals surface area contributed by atoms with Crippen LogP contribution in [0.3, 0.4) is 0 Å². The first-order valence-electron chi connectivity index (χ1n) is 7.67. The van der Waals surface area contributed by atoms with Gasteiger partial charge < -0.3 is 19.9 Å². The molecule has 1 amide bonds. The number of carbonyl (C=O) groups is 2. The lowest BCUT2D eigenvalue weighted by Crippen LogP contribution is -2.60. The van der Waals surface area contributed by atoms with Gasteiger partial charge >= 0.3 is 5.97 Å². The summed E-state index contributed by atoms with van der Waals surface area (Å²) in [5.41, 5.74) is 1.12. The summed E-state index contributed by atoms with van der Waals surface area (Å²) in [7, 11) is 0. The molecule has 0 aromatic heterocycles. The van der Waals surface area contributed by atoms with E-state index in [0.717, 1.165) is 31.6 Å². The zero-order valence-corrected chi connectivity index (χ0v) is 12.7. The fourth-order valence-electron chi connectivity index (χ4n) is 3.01.